The van der Waals surface area contributed by atoms with E-state index in [4.69, 9.17) is 39.2 Å². The fourth-order valence-corrected chi connectivity index (χ4v) is 3.04. The van der Waals surface area contributed by atoms with Crippen LogP contribution in [0.3, 0.4) is 0 Å². The van der Waals surface area contributed by atoms with E-state index in [0.29, 0.717) is 26.5 Å². The molecule has 0 aliphatic heterocycles. The molecule has 6 heteroatoms. The van der Waals surface area contributed by atoms with Gasteiger partial charge in [0.1, 0.15) is 5.52 Å². The molecule has 0 unspecified atom stereocenters. The second-order valence-electron chi connectivity index (χ2n) is 5.60. The lowest BCUT2D eigenvalue weighted by Gasteiger charge is -1.98. The molecule has 128 valence electrons. The van der Waals surface area contributed by atoms with Crippen molar-refractivity contribution in [3.05, 3.63) is 81.3 Å². The van der Waals surface area contributed by atoms with Crippen LogP contribution in [-0.4, -0.2) is 11.2 Å². The molecule has 0 aliphatic rings. The highest BCUT2D eigenvalue weighted by atomic mass is 35.5. The number of aliphatic imine (C=N–C) groups is 1. The van der Waals surface area contributed by atoms with Crippen LogP contribution in [0.25, 0.3) is 22.6 Å². The zero-order chi connectivity index (χ0) is 18.1. The van der Waals surface area contributed by atoms with Crippen molar-refractivity contribution in [3.8, 4) is 11.5 Å². The standard InChI is InChI=1S/C20H11Cl3N2O/c21-14-4-1-12(2-5-14)20-25-18-8-7-16(10-19(18)26-20)24-11-13-3-6-15(22)9-17(13)23/h1-11H. The zero-order valence-corrected chi connectivity index (χ0v) is 15.6. The molecule has 3 nitrogen and oxygen atoms in total. The Balaban J connectivity index is 1.65. The predicted molar refractivity (Wildman–Crippen MR) is 108 cm³/mol. The SMILES string of the molecule is Clc1ccc(-c2nc3ccc(N=Cc4ccc(Cl)cc4Cl)cc3o2)cc1. The number of rotatable bonds is 3. The van der Waals surface area contributed by atoms with E-state index in [-0.39, 0.29) is 0 Å². The third-order valence-electron chi connectivity index (χ3n) is 3.78. The second-order valence-corrected chi connectivity index (χ2v) is 6.88. The Labute approximate surface area is 164 Å². The van der Waals surface area contributed by atoms with Crippen molar-refractivity contribution in [2.75, 3.05) is 0 Å². The van der Waals surface area contributed by atoms with E-state index in [2.05, 4.69) is 9.98 Å². The monoisotopic (exact) mass is 400 g/mol. The smallest absolute Gasteiger partial charge is 0.227 e. The van der Waals surface area contributed by atoms with E-state index in [0.717, 1.165) is 22.3 Å². The number of hydrogen-bond acceptors (Lipinski definition) is 3. The molecule has 0 saturated carbocycles. The summed E-state index contributed by atoms with van der Waals surface area (Å²) in [5, 5.41) is 1.80. The number of oxazole rings is 1. The number of aromatic nitrogens is 1. The Hall–Kier alpha value is -2.33. The minimum Gasteiger partial charge on any atom is -0.436 e. The van der Waals surface area contributed by atoms with Gasteiger partial charge in [-0.2, -0.15) is 0 Å². The quantitative estimate of drug-likeness (QED) is 0.340. The highest BCUT2D eigenvalue weighted by Crippen LogP contribution is 2.28. The Kier molecular flexibility index (Phi) is 4.68. The van der Waals surface area contributed by atoms with Gasteiger partial charge in [-0.3, -0.25) is 4.99 Å². The maximum atomic E-state index is 6.16. The van der Waals surface area contributed by atoms with Crippen LogP contribution in [0, 0.1) is 0 Å². The van der Waals surface area contributed by atoms with Crippen molar-refractivity contribution < 1.29 is 4.42 Å². The molecular weight excluding hydrogens is 391 g/mol. The molecule has 0 bridgehead atoms. The van der Waals surface area contributed by atoms with Crippen molar-refractivity contribution in [1.82, 2.24) is 4.98 Å². The van der Waals surface area contributed by atoms with E-state index < -0.39 is 0 Å². The summed E-state index contributed by atoms with van der Waals surface area (Å²) in [5.74, 6) is 0.540. The van der Waals surface area contributed by atoms with Gasteiger partial charge < -0.3 is 4.42 Å². The molecule has 3 aromatic carbocycles. The summed E-state index contributed by atoms with van der Waals surface area (Å²) in [5.41, 5.74) is 3.81. The van der Waals surface area contributed by atoms with Crippen LogP contribution in [0.1, 0.15) is 5.56 Å². The second kappa shape index (κ2) is 7.12. The third-order valence-corrected chi connectivity index (χ3v) is 4.59. The van der Waals surface area contributed by atoms with Crippen molar-refractivity contribution in [3.63, 3.8) is 0 Å². The lowest BCUT2D eigenvalue weighted by molar-refractivity contribution is 0.620. The molecule has 0 amide bonds. The Morgan fingerprint density at radius 1 is 0.846 bits per heavy atom. The van der Waals surface area contributed by atoms with Crippen LogP contribution in [-0.2, 0) is 0 Å². The molecule has 4 aromatic rings. The van der Waals surface area contributed by atoms with Gasteiger partial charge in [0.05, 0.1) is 10.7 Å². The maximum Gasteiger partial charge on any atom is 0.227 e. The van der Waals surface area contributed by atoms with E-state index in [1.807, 2.05) is 36.4 Å². The average molecular weight is 402 g/mol. The zero-order valence-electron chi connectivity index (χ0n) is 13.3. The average Bonchev–Trinajstić information content (AvgIpc) is 3.05. The van der Waals surface area contributed by atoms with Gasteiger partial charge in [0.15, 0.2) is 5.58 Å². The molecular formula is C20H11Cl3N2O. The number of halogens is 3. The fraction of sp³-hybridized carbons (Fsp3) is 0. The van der Waals surface area contributed by atoms with Gasteiger partial charge in [-0.1, -0.05) is 40.9 Å². The predicted octanol–water partition coefficient (Wildman–Crippen LogP) is 7.21. The molecule has 26 heavy (non-hydrogen) atoms. The summed E-state index contributed by atoms with van der Waals surface area (Å²) in [6.07, 6.45) is 1.69. The van der Waals surface area contributed by atoms with E-state index in [9.17, 15) is 0 Å². The topological polar surface area (TPSA) is 38.4 Å². The van der Waals surface area contributed by atoms with Crippen molar-refractivity contribution in [1.29, 1.82) is 0 Å². The number of nitrogens with zero attached hydrogens (tertiary/aromatic N) is 2. The fourth-order valence-electron chi connectivity index (χ4n) is 2.46. The van der Waals surface area contributed by atoms with Crippen LogP contribution in [0.4, 0.5) is 5.69 Å². The summed E-state index contributed by atoms with van der Waals surface area (Å²) in [6, 6.07) is 18.2. The molecule has 0 N–H and O–H groups in total. The highest BCUT2D eigenvalue weighted by molar-refractivity contribution is 6.36. The van der Waals surface area contributed by atoms with Crippen molar-refractivity contribution in [2.45, 2.75) is 0 Å². The minimum atomic E-state index is 0.540. The van der Waals surface area contributed by atoms with E-state index in [1.165, 1.54) is 0 Å². The molecule has 0 fully saturated rings. The summed E-state index contributed by atoms with van der Waals surface area (Å²) >= 11 is 18.0. The van der Waals surface area contributed by atoms with Crippen molar-refractivity contribution >= 4 is 57.8 Å². The first-order valence-electron chi connectivity index (χ1n) is 7.74. The molecule has 0 aliphatic carbocycles. The maximum absolute atomic E-state index is 6.16. The van der Waals surface area contributed by atoms with Gasteiger partial charge in [0.2, 0.25) is 5.89 Å². The van der Waals surface area contributed by atoms with Gasteiger partial charge in [-0.15, -0.1) is 0 Å². The van der Waals surface area contributed by atoms with Gasteiger partial charge >= 0.3 is 0 Å². The number of hydrogen-bond donors (Lipinski definition) is 0. The van der Waals surface area contributed by atoms with E-state index in [1.54, 1.807) is 30.5 Å². The van der Waals surface area contributed by atoms with Gasteiger partial charge in [-0.05, 0) is 48.5 Å². The molecule has 0 spiro atoms. The molecule has 0 saturated heterocycles. The highest BCUT2D eigenvalue weighted by Gasteiger charge is 2.08. The molecule has 0 radical (unpaired) electrons. The summed E-state index contributed by atoms with van der Waals surface area (Å²) in [6.45, 7) is 0. The minimum absolute atomic E-state index is 0.540. The summed E-state index contributed by atoms with van der Waals surface area (Å²) in [7, 11) is 0. The van der Waals surface area contributed by atoms with Crippen LogP contribution in [0.2, 0.25) is 15.1 Å². The van der Waals surface area contributed by atoms with Gasteiger partial charge in [0, 0.05) is 33.5 Å². The van der Waals surface area contributed by atoms with Crippen LogP contribution in [0.15, 0.2) is 70.1 Å². The van der Waals surface area contributed by atoms with Crippen molar-refractivity contribution in [2.24, 2.45) is 4.99 Å². The van der Waals surface area contributed by atoms with Crippen LogP contribution in [0.5, 0.6) is 0 Å². The lowest BCUT2D eigenvalue weighted by atomic mass is 10.2. The summed E-state index contributed by atoms with van der Waals surface area (Å²) in [4.78, 5) is 8.95. The largest absolute Gasteiger partial charge is 0.436 e. The number of benzene rings is 3. The Bertz CT molecular complexity index is 1120. The third kappa shape index (κ3) is 3.61. The molecule has 0 atom stereocenters. The summed E-state index contributed by atoms with van der Waals surface area (Å²) < 4.78 is 5.85. The Morgan fingerprint density at radius 3 is 2.38 bits per heavy atom. The first-order chi connectivity index (χ1) is 12.6. The first-order valence-corrected chi connectivity index (χ1v) is 8.87. The van der Waals surface area contributed by atoms with Crippen LogP contribution < -0.4 is 0 Å². The molecule has 1 heterocycles. The first kappa shape index (κ1) is 17.1. The van der Waals surface area contributed by atoms with Gasteiger partial charge in [0.25, 0.3) is 0 Å². The lowest BCUT2D eigenvalue weighted by Crippen LogP contribution is -1.82. The normalized spacial score (nSPS) is 11.5. The number of fused-ring (bicyclic) bond motifs is 1. The Morgan fingerprint density at radius 2 is 1.62 bits per heavy atom. The van der Waals surface area contributed by atoms with E-state index >= 15 is 0 Å². The van der Waals surface area contributed by atoms with Gasteiger partial charge in [-0.25, -0.2) is 4.98 Å². The molecule has 1 aromatic heterocycles. The molecule has 4 rings (SSSR count). The van der Waals surface area contributed by atoms with Crippen LogP contribution >= 0.6 is 34.8 Å².